The highest BCUT2D eigenvalue weighted by molar-refractivity contribution is 5.40. The molecule has 2 unspecified atom stereocenters. The Morgan fingerprint density at radius 1 is 1.00 bits per heavy atom. The minimum atomic E-state index is 0.260. The lowest BCUT2D eigenvalue weighted by molar-refractivity contribution is 0.301. The molecule has 0 bridgehead atoms. The van der Waals surface area contributed by atoms with Gasteiger partial charge in [0.05, 0.1) is 21.3 Å². The van der Waals surface area contributed by atoms with Crippen LogP contribution in [-0.2, 0) is 6.54 Å². The molecule has 26 heavy (non-hydrogen) atoms. The summed E-state index contributed by atoms with van der Waals surface area (Å²) in [5, 5.41) is 7.36. The average molecular weight is 356 g/mol. The van der Waals surface area contributed by atoms with E-state index in [-0.39, 0.29) is 6.04 Å². The standard InChI is InChI=1S/C21H28N2O3/c1-24-17-7-4-6-15(12-17)21-19(8-5-11-22-21)23-14-16-13-18(25-2)9-10-20(16)26-3/h4,6-7,9-10,12-13,19,21-23H,5,8,11,14H2,1-3H3. The zero-order valence-electron chi connectivity index (χ0n) is 15.7. The fraction of sp³-hybridized carbons (Fsp3) is 0.429. The molecular formula is C21H28N2O3. The molecule has 2 atom stereocenters. The van der Waals surface area contributed by atoms with Crippen LogP contribution in [0.15, 0.2) is 42.5 Å². The van der Waals surface area contributed by atoms with Gasteiger partial charge in [-0.05, 0) is 55.3 Å². The first-order valence-electron chi connectivity index (χ1n) is 9.06. The topological polar surface area (TPSA) is 51.8 Å². The molecule has 5 heteroatoms. The Labute approximate surface area is 155 Å². The summed E-state index contributed by atoms with van der Waals surface area (Å²) in [6.07, 6.45) is 2.29. The van der Waals surface area contributed by atoms with Crippen molar-refractivity contribution in [1.29, 1.82) is 0 Å². The van der Waals surface area contributed by atoms with Crippen molar-refractivity contribution in [3.05, 3.63) is 53.6 Å². The molecule has 2 aromatic rings. The quantitative estimate of drug-likeness (QED) is 0.797. The number of hydrogen-bond donors (Lipinski definition) is 2. The van der Waals surface area contributed by atoms with E-state index >= 15 is 0 Å². The minimum Gasteiger partial charge on any atom is -0.497 e. The van der Waals surface area contributed by atoms with Crippen LogP contribution in [0.2, 0.25) is 0 Å². The maximum absolute atomic E-state index is 5.50. The van der Waals surface area contributed by atoms with Crippen LogP contribution in [-0.4, -0.2) is 33.9 Å². The largest absolute Gasteiger partial charge is 0.497 e. The fourth-order valence-electron chi connectivity index (χ4n) is 3.55. The lowest BCUT2D eigenvalue weighted by Crippen LogP contribution is -2.45. The number of methoxy groups -OCH3 is 3. The van der Waals surface area contributed by atoms with E-state index in [1.54, 1.807) is 21.3 Å². The van der Waals surface area contributed by atoms with Crippen molar-refractivity contribution in [1.82, 2.24) is 10.6 Å². The third kappa shape index (κ3) is 4.29. The van der Waals surface area contributed by atoms with Crippen molar-refractivity contribution in [2.75, 3.05) is 27.9 Å². The van der Waals surface area contributed by atoms with Gasteiger partial charge in [0.15, 0.2) is 0 Å². The van der Waals surface area contributed by atoms with Crippen LogP contribution < -0.4 is 24.8 Å². The molecule has 1 saturated heterocycles. The lowest BCUT2D eigenvalue weighted by atomic mass is 9.92. The van der Waals surface area contributed by atoms with Gasteiger partial charge in [-0.3, -0.25) is 0 Å². The molecule has 1 aliphatic heterocycles. The SMILES string of the molecule is COc1cccc(C2NCCCC2NCc2cc(OC)ccc2OC)c1. The first-order chi connectivity index (χ1) is 12.7. The van der Waals surface area contributed by atoms with Crippen molar-refractivity contribution in [3.8, 4) is 17.2 Å². The van der Waals surface area contributed by atoms with Crippen LogP contribution in [0.5, 0.6) is 17.2 Å². The number of nitrogens with one attached hydrogen (secondary N) is 2. The first-order valence-corrected chi connectivity index (χ1v) is 9.06. The molecule has 1 aliphatic rings. The minimum absolute atomic E-state index is 0.260. The number of benzene rings is 2. The second-order valence-electron chi connectivity index (χ2n) is 6.52. The summed E-state index contributed by atoms with van der Waals surface area (Å²) in [5.41, 5.74) is 2.35. The second-order valence-corrected chi connectivity index (χ2v) is 6.52. The van der Waals surface area contributed by atoms with Gasteiger partial charge in [0.25, 0.3) is 0 Å². The summed E-state index contributed by atoms with van der Waals surface area (Å²) in [7, 11) is 5.09. The monoisotopic (exact) mass is 356 g/mol. The van der Waals surface area contributed by atoms with E-state index in [1.807, 2.05) is 30.3 Å². The van der Waals surface area contributed by atoms with E-state index in [2.05, 4.69) is 22.8 Å². The highest BCUT2D eigenvalue weighted by atomic mass is 16.5. The molecule has 5 nitrogen and oxygen atoms in total. The number of piperidine rings is 1. The molecule has 2 N–H and O–H groups in total. The molecule has 0 aromatic heterocycles. The molecule has 3 rings (SSSR count). The number of ether oxygens (including phenoxy) is 3. The molecule has 2 aromatic carbocycles. The van der Waals surface area contributed by atoms with Crippen molar-refractivity contribution < 1.29 is 14.2 Å². The van der Waals surface area contributed by atoms with Crippen LogP contribution in [0.3, 0.4) is 0 Å². The highest BCUT2D eigenvalue weighted by Crippen LogP contribution is 2.28. The van der Waals surface area contributed by atoms with E-state index in [0.717, 1.165) is 48.7 Å². The van der Waals surface area contributed by atoms with E-state index in [0.29, 0.717) is 6.04 Å². The van der Waals surface area contributed by atoms with Gasteiger partial charge >= 0.3 is 0 Å². The summed E-state index contributed by atoms with van der Waals surface area (Å²) in [5.74, 6) is 2.61. The van der Waals surface area contributed by atoms with Gasteiger partial charge in [-0.1, -0.05) is 12.1 Å². The molecule has 0 spiro atoms. The van der Waals surface area contributed by atoms with Crippen LogP contribution in [0, 0.1) is 0 Å². The maximum atomic E-state index is 5.50. The first kappa shape index (κ1) is 18.5. The van der Waals surface area contributed by atoms with Crippen molar-refractivity contribution >= 4 is 0 Å². The van der Waals surface area contributed by atoms with Gasteiger partial charge in [0, 0.05) is 24.2 Å². The second kappa shape index (κ2) is 8.92. The zero-order valence-corrected chi connectivity index (χ0v) is 15.7. The average Bonchev–Trinajstić information content (AvgIpc) is 2.72. The molecule has 0 radical (unpaired) electrons. The fourth-order valence-corrected chi connectivity index (χ4v) is 3.55. The van der Waals surface area contributed by atoms with Gasteiger partial charge in [-0.2, -0.15) is 0 Å². The van der Waals surface area contributed by atoms with Crippen molar-refractivity contribution in [2.45, 2.75) is 31.5 Å². The number of rotatable bonds is 7. The summed E-state index contributed by atoms with van der Waals surface area (Å²) in [6, 6.07) is 14.8. The van der Waals surface area contributed by atoms with Crippen LogP contribution in [0.25, 0.3) is 0 Å². The highest BCUT2D eigenvalue weighted by Gasteiger charge is 2.26. The van der Waals surface area contributed by atoms with Crippen LogP contribution in [0.4, 0.5) is 0 Å². The van der Waals surface area contributed by atoms with Crippen LogP contribution >= 0.6 is 0 Å². The Morgan fingerprint density at radius 2 is 1.81 bits per heavy atom. The van der Waals surface area contributed by atoms with E-state index in [4.69, 9.17) is 14.2 Å². The Kier molecular flexibility index (Phi) is 6.36. The molecule has 0 amide bonds. The van der Waals surface area contributed by atoms with Gasteiger partial charge < -0.3 is 24.8 Å². The van der Waals surface area contributed by atoms with Crippen molar-refractivity contribution in [2.24, 2.45) is 0 Å². The smallest absolute Gasteiger partial charge is 0.123 e. The Balaban J connectivity index is 1.75. The molecular weight excluding hydrogens is 328 g/mol. The summed E-state index contributed by atoms with van der Waals surface area (Å²) in [6.45, 7) is 1.76. The molecule has 140 valence electrons. The lowest BCUT2D eigenvalue weighted by Gasteiger charge is -2.34. The molecule has 1 fully saturated rings. The van der Waals surface area contributed by atoms with Gasteiger partial charge in [-0.15, -0.1) is 0 Å². The Morgan fingerprint density at radius 3 is 2.58 bits per heavy atom. The third-order valence-corrected chi connectivity index (χ3v) is 4.95. The molecule has 0 saturated carbocycles. The van der Waals surface area contributed by atoms with Gasteiger partial charge in [0.1, 0.15) is 17.2 Å². The Bertz CT molecular complexity index is 720. The van der Waals surface area contributed by atoms with Gasteiger partial charge in [-0.25, -0.2) is 0 Å². The summed E-state index contributed by atoms with van der Waals surface area (Å²) < 4.78 is 16.2. The number of hydrogen-bond acceptors (Lipinski definition) is 5. The van der Waals surface area contributed by atoms with Crippen molar-refractivity contribution in [3.63, 3.8) is 0 Å². The van der Waals surface area contributed by atoms with E-state index in [9.17, 15) is 0 Å². The third-order valence-electron chi connectivity index (χ3n) is 4.95. The van der Waals surface area contributed by atoms with Gasteiger partial charge in [0.2, 0.25) is 0 Å². The zero-order chi connectivity index (χ0) is 18.4. The molecule has 1 heterocycles. The van der Waals surface area contributed by atoms with E-state index in [1.165, 1.54) is 5.56 Å². The normalized spacial score (nSPS) is 19.8. The van der Waals surface area contributed by atoms with E-state index < -0.39 is 0 Å². The molecule has 0 aliphatic carbocycles. The Hall–Kier alpha value is -2.24. The summed E-state index contributed by atoms with van der Waals surface area (Å²) >= 11 is 0. The predicted molar refractivity (Wildman–Crippen MR) is 103 cm³/mol. The van der Waals surface area contributed by atoms with Crippen LogP contribution in [0.1, 0.15) is 30.0 Å². The summed E-state index contributed by atoms with van der Waals surface area (Å²) in [4.78, 5) is 0. The maximum Gasteiger partial charge on any atom is 0.123 e. The predicted octanol–water partition coefficient (Wildman–Crippen LogP) is 3.30.